The van der Waals surface area contributed by atoms with Gasteiger partial charge in [0, 0.05) is 12.1 Å². The zero-order chi connectivity index (χ0) is 20.7. The Bertz CT molecular complexity index is 844. The summed E-state index contributed by atoms with van der Waals surface area (Å²) in [5.41, 5.74) is 0.258. The molecule has 1 N–H and O–H groups in total. The topological polar surface area (TPSA) is 92.3 Å². The molecule has 2 rings (SSSR count). The number of esters is 1. The maximum absolute atomic E-state index is 12.5. The van der Waals surface area contributed by atoms with E-state index in [0.717, 1.165) is 0 Å². The molecule has 8 nitrogen and oxygen atoms in total. The molecule has 0 atom stereocenters. The number of nitrogens with one attached hydrogen (secondary N) is 1. The molecule has 0 saturated heterocycles. The van der Waals surface area contributed by atoms with Crippen molar-refractivity contribution in [2.24, 2.45) is 0 Å². The number of hydrogen-bond donors (Lipinski definition) is 1. The third-order valence-corrected chi connectivity index (χ3v) is 3.68. The van der Waals surface area contributed by atoms with Gasteiger partial charge in [-0.3, -0.25) is 4.79 Å². The molecule has 0 saturated carbocycles. The van der Waals surface area contributed by atoms with E-state index in [-0.39, 0.29) is 22.7 Å². The van der Waals surface area contributed by atoms with E-state index in [4.69, 9.17) is 23.7 Å². The molecule has 0 aliphatic carbocycles. The van der Waals surface area contributed by atoms with E-state index in [1.807, 2.05) is 0 Å². The minimum atomic E-state index is -1.21. The SMILES string of the molecule is COc1ccc(C(=O)Oc2cc(OC)c(OC)c(OC)c2)cc1NC(=O)CF. The van der Waals surface area contributed by atoms with Gasteiger partial charge in [0.1, 0.15) is 11.5 Å². The molecule has 9 heteroatoms. The molecule has 150 valence electrons. The Morgan fingerprint density at radius 3 is 2.00 bits per heavy atom. The standard InChI is InChI=1S/C19H20FNO7/c1-24-14-6-5-11(7-13(14)21-17(22)10-20)19(23)28-12-8-15(25-2)18(27-4)16(9-12)26-3/h5-9H,10H2,1-4H3,(H,21,22). The summed E-state index contributed by atoms with van der Waals surface area (Å²) >= 11 is 0. The van der Waals surface area contributed by atoms with E-state index < -0.39 is 18.6 Å². The van der Waals surface area contributed by atoms with Crippen LogP contribution in [0.25, 0.3) is 0 Å². The van der Waals surface area contributed by atoms with Crippen LogP contribution < -0.4 is 29.0 Å². The van der Waals surface area contributed by atoms with Crippen molar-refractivity contribution in [2.75, 3.05) is 40.4 Å². The maximum Gasteiger partial charge on any atom is 0.343 e. The molecule has 0 aliphatic rings. The largest absolute Gasteiger partial charge is 0.495 e. The molecule has 28 heavy (non-hydrogen) atoms. The van der Waals surface area contributed by atoms with Crippen molar-refractivity contribution in [1.29, 1.82) is 0 Å². The number of methoxy groups -OCH3 is 4. The van der Waals surface area contributed by atoms with Crippen molar-refractivity contribution in [2.45, 2.75) is 0 Å². The van der Waals surface area contributed by atoms with Crippen LogP contribution in [0.1, 0.15) is 10.4 Å². The first-order valence-corrected chi connectivity index (χ1v) is 8.03. The molecule has 0 spiro atoms. The third kappa shape index (κ3) is 4.61. The number of alkyl halides is 1. The summed E-state index contributed by atoms with van der Waals surface area (Å²) in [5.74, 6) is -0.173. The van der Waals surface area contributed by atoms with Crippen LogP contribution in [0.5, 0.6) is 28.7 Å². The van der Waals surface area contributed by atoms with Crippen molar-refractivity contribution >= 4 is 17.6 Å². The summed E-state index contributed by atoms with van der Waals surface area (Å²) in [6.07, 6.45) is 0. The molecule has 0 heterocycles. The highest BCUT2D eigenvalue weighted by Crippen LogP contribution is 2.41. The first kappa shape index (κ1) is 20.8. The monoisotopic (exact) mass is 393 g/mol. The Labute approximate surface area is 161 Å². The molecule has 2 aromatic carbocycles. The van der Waals surface area contributed by atoms with Crippen LogP contribution in [-0.4, -0.2) is 47.0 Å². The average molecular weight is 393 g/mol. The van der Waals surface area contributed by atoms with Crippen LogP contribution in [0, 0.1) is 0 Å². The van der Waals surface area contributed by atoms with Crippen molar-refractivity contribution in [3.05, 3.63) is 35.9 Å². The highest BCUT2D eigenvalue weighted by molar-refractivity contribution is 5.97. The molecule has 2 aromatic rings. The van der Waals surface area contributed by atoms with Gasteiger partial charge in [0.05, 0.1) is 39.7 Å². The molecule has 0 fully saturated rings. The van der Waals surface area contributed by atoms with E-state index in [9.17, 15) is 14.0 Å². The van der Waals surface area contributed by atoms with Crippen molar-refractivity contribution < 1.29 is 37.7 Å². The zero-order valence-corrected chi connectivity index (χ0v) is 15.8. The van der Waals surface area contributed by atoms with E-state index in [0.29, 0.717) is 17.2 Å². The second-order valence-electron chi connectivity index (χ2n) is 5.35. The van der Waals surface area contributed by atoms with Crippen LogP contribution >= 0.6 is 0 Å². The van der Waals surface area contributed by atoms with Crippen molar-refractivity contribution in [3.63, 3.8) is 0 Å². The van der Waals surface area contributed by atoms with Gasteiger partial charge in [0.25, 0.3) is 5.91 Å². The average Bonchev–Trinajstić information content (AvgIpc) is 2.72. The lowest BCUT2D eigenvalue weighted by molar-refractivity contribution is -0.117. The zero-order valence-electron chi connectivity index (χ0n) is 15.8. The Morgan fingerprint density at radius 2 is 1.50 bits per heavy atom. The Hall–Kier alpha value is -3.49. The summed E-state index contributed by atoms with van der Waals surface area (Å²) in [6.45, 7) is -1.21. The van der Waals surface area contributed by atoms with Crippen LogP contribution in [0.3, 0.4) is 0 Å². The molecule has 0 unspecified atom stereocenters. The number of ether oxygens (including phenoxy) is 5. The van der Waals surface area contributed by atoms with Gasteiger partial charge < -0.3 is 29.0 Å². The first-order valence-electron chi connectivity index (χ1n) is 8.03. The van der Waals surface area contributed by atoms with E-state index in [1.165, 1.54) is 58.8 Å². The number of amides is 1. The number of benzene rings is 2. The van der Waals surface area contributed by atoms with Gasteiger partial charge in [-0.1, -0.05) is 0 Å². The normalized spacial score (nSPS) is 10.0. The molecule has 1 amide bonds. The Balaban J connectivity index is 2.32. The van der Waals surface area contributed by atoms with Crippen molar-refractivity contribution in [3.8, 4) is 28.7 Å². The van der Waals surface area contributed by atoms with Gasteiger partial charge in [-0.2, -0.15) is 0 Å². The number of carbonyl (C=O) groups is 2. The lowest BCUT2D eigenvalue weighted by Crippen LogP contribution is -2.15. The number of hydrogen-bond acceptors (Lipinski definition) is 7. The number of anilines is 1. The third-order valence-electron chi connectivity index (χ3n) is 3.68. The maximum atomic E-state index is 12.5. The smallest absolute Gasteiger partial charge is 0.343 e. The lowest BCUT2D eigenvalue weighted by Gasteiger charge is -2.14. The highest BCUT2D eigenvalue weighted by atomic mass is 19.1. The predicted octanol–water partition coefficient (Wildman–Crippen LogP) is 2.85. The number of halogens is 1. The van der Waals surface area contributed by atoms with E-state index >= 15 is 0 Å². The summed E-state index contributed by atoms with van der Waals surface area (Å²) in [6, 6.07) is 7.17. The minimum absolute atomic E-state index is 0.115. The number of rotatable bonds is 8. The summed E-state index contributed by atoms with van der Waals surface area (Å²) in [5, 5.41) is 2.32. The van der Waals surface area contributed by atoms with Crippen molar-refractivity contribution in [1.82, 2.24) is 0 Å². The van der Waals surface area contributed by atoms with Gasteiger partial charge in [-0.05, 0) is 18.2 Å². The number of carbonyl (C=O) groups excluding carboxylic acids is 2. The quantitative estimate of drug-likeness (QED) is 0.545. The summed E-state index contributed by atoms with van der Waals surface area (Å²) in [7, 11) is 5.71. The van der Waals surface area contributed by atoms with Crippen LogP contribution in [0.2, 0.25) is 0 Å². The van der Waals surface area contributed by atoms with Gasteiger partial charge >= 0.3 is 5.97 Å². The predicted molar refractivity (Wildman–Crippen MR) is 98.7 cm³/mol. The molecule has 0 aliphatic heterocycles. The van der Waals surface area contributed by atoms with Crippen LogP contribution in [0.15, 0.2) is 30.3 Å². The summed E-state index contributed by atoms with van der Waals surface area (Å²) < 4.78 is 38.6. The fraction of sp³-hybridized carbons (Fsp3) is 0.263. The van der Waals surface area contributed by atoms with Gasteiger partial charge in [-0.25, -0.2) is 9.18 Å². The highest BCUT2D eigenvalue weighted by Gasteiger charge is 2.18. The fourth-order valence-electron chi connectivity index (χ4n) is 2.40. The van der Waals surface area contributed by atoms with Gasteiger partial charge in [-0.15, -0.1) is 0 Å². The van der Waals surface area contributed by atoms with E-state index in [1.54, 1.807) is 0 Å². The molecule has 0 radical (unpaired) electrons. The van der Waals surface area contributed by atoms with Gasteiger partial charge in [0.15, 0.2) is 18.2 Å². The Kier molecular flexibility index (Phi) is 7.02. The Morgan fingerprint density at radius 1 is 0.893 bits per heavy atom. The first-order chi connectivity index (χ1) is 13.5. The second-order valence-corrected chi connectivity index (χ2v) is 5.35. The molecular formula is C19H20FNO7. The molecular weight excluding hydrogens is 373 g/mol. The van der Waals surface area contributed by atoms with Crippen LogP contribution in [-0.2, 0) is 4.79 Å². The summed E-state index contributed by atoms with van der Waals surface area (Å²) in [4.78, 5) is 23.8. The fourth-order valence-corrected chi connectivity index (χ4v) is 2.40. The van der Waals surface area contributed by atoms with Gasteiger partial charge in [0.2, 0.25) is 5.75 Å². The minimum Gasteiger partial charge on any atom is -0.495 e. The second kappa shape index (κ2) is 9.45. The van der Waals surface area contributed by atoms with Crippen LogP contribution in [0.4, 0.5) is 10.1 Å². The molecule has 0 bridgehead atoms. The lowest BCUT2D eigenvalue weighted by atomic mass is 10.2. The molecule has 0 aromatic heterocycles. The van der Waals surface area contributed by atoms with E-state index in [2.05, 4.69) is 5.32 Å².